The zero-order valence-electron chi connectivity index (χ0n) is 12.6. The number of Topliss-reactive ketones (excluding diaryl/α,β-unsaturated/α-hetero) is 1. The predicted octanol–water partition coefficient (Wildman–Crippen LogP) is 3.12. The van der Waals surface area contributed by atoms with Gasteiger partial charge in [0, 0.05) is 25.4 Å². The van der Waals surface area contributed by atoms with Crippen LogP contribution in [0.3, 0.4) is 0 Å². The largest absolute Gasteiger partial charge is 0.466 e. The lowest BCUT2D eigenvalue weighted by molar-refractivity contribution is -0.134. The summed E-state index contributed by atoms with van der Waals surface area (Å²) in [4.78, 5) is 25.6. The zero-order chi connectivity index (χ0) is 14.7. The number of rotatable bonds is 4. The summed E-state index contributed by atoms with van der Waals surface area (Å²) in [5, 5.41) is 0. The van der Waals surface area contributed by atoms with Crippen LogP contribution in [0.4, 0.5) is 0 Å². The Bertz CT molecular complexity index is 504. The summed E-state index contributed by atoms with van der Waals surface area (Å²) in [5.41, 5.74) is 0.624. The van der Waals surface area contributed by atoms with Gasteiger partial charge in [-0.2, -0.15) is 0 Å². The first-order valence-corrected chi connectivity index (χ1v) is 7.38. The average Bonchev–Trinajstić information content (AvgIpc) is 2.78. The first-order chi connectivity index (χ1) is 9.49. The van der Waals surface area contributed by atoms with Gasteiger partial charge in [-0.15, -0.1) is 0 Å². The zero-order valence-corrected chi connectivity index (χ0v) is 12.6. The van der Waals surface area contributed by atoms with Gasteiger partial charge < -0.3 is 9.32 Å². The molecule has 0 bridgehead atoms. The fourth-order valence-electron chi connectivity index (χ4n) is 2.86. The molecule has 1 fully saturated rings. The van der Waals surface area contributed by atoms with Gasteiger partial charge in [0.25, 0.3) is 0 Å². The van der Waals surface area contributed by atoms with E-state index in [-0.39, 0.29) is 11.7 Å². The van der Waals surface area contributed by atoms with Crippen molar-refractivity contribution in [1.29, 1.82) is 0 Å². The van der Waals surface area contributed by atoms with Crippen LogP contribution >= 0.6 is 0 Å². The van der Waals surface area contributed by atoms with Crippen molar-refractivity contribution in [3.8, 4) is 0 Å². The molecule has 0 N–H and O–H groups in total. The Morgan fingerprint density at radius 2 is 2.15 bits per heavy atom. The summed E-state index contributed by atoms with van der Waals surface area (Å²) in [6.07, 6.45) is 4.43. The third-order valence-corrected chi connectivity index (χ3v) is 4.06. The normalized spacial score (nSPS) is 19.1. The fourth-order valence-corrected chi connectivity index (χ4v) is 2.86. The van der Waals surface area contributed by atoms with Crippen molar-refractivity contribution in [2.45, 2.75) is 58.9 Å². The molecule has 110 valence electrons. The van der Waals surface area contributed by atoms with Crippen LogP contribution in [0.15, 0.2) is 10.5 Å². The first-order valence-electron chi connectivity index (χ1n) is 7.38. The molecule has 1 saturated heterocycles. The minimum atomic E-state index is 0.00785. The number of piperidine rings is 1. The van der Waals surface area contributed by atoms with Crippen LogP contribution in [0.25, 0.3) is 0 Å². The third kappa shape index (κ3) is 3.30. The van der Waals surface area contributed by atoms with Gasteiger partial charge in [-0.05, 0) is 46.1 Å². The van der Waals surface area contributed by atoms with Gasteiger partial charge in [0.05, 0.1) is 5.56 Å². The minimum absolute atomic E-state index is 0.00785. The lowest BCUT2D eigenvalue weighted by Gasteiger charge is -2.33. The van der Waals surface area contributed by atoms with Gasteiger partial charge in [0.15, 0.2) is 5.78 Å². The lowest BCUT2D eigenvalue weighted by Crippen LogP contribution is -2.42. The second-order valence-corrected chi connectivity index (χ2v) is 5.67. The molecule has 0 aliphatic carbocycles. The van der Waals surface area contributed by atoms with Crippen LogP contribution in [0, 0.1) is 6.92 Å². The first kappa shape index (κ1) is 14.8. The highest BCUT2D eigenvalue weighted by Crippen LogP contribution is 2.20. The lowest BCUT2D eigenvalue weighted by atomic mass is 10.0. The topological polar surface area (TPSA) is 50.5 Å². The number of carbonyl (C=O) groups is 2. The smallest absolute Gasteiger partial charge is 0.223 e. The average molecular weight is 277 g/mol. The van der Waals surface area contributed by atoms with Crippen LogP contribution in [0.5, 0.6) is 0 Å². The maximum Gasteiger partial charge on any atom is 0.223 e. The molecule has 1 aromatic heterocycles. The van der Waals surface area contributed by atoms with Crippen LogP contribution in [-0.2, 0) is 11.2 Å². The Balaban J connectivity index is 1.93. The van der Waals surface area contributed by atoms with Crippen molar-refractivity contribution in [2.24, 2.45) is 0 Å². The van der Waals surface area contributed by atoms with Crippen LogP contribution < -0.4 is 0 Å². The maximum absolute atomic E-state index is 12.2. The summed E-state index contributed by atoms with van der Waals surface area (Å²) in [5.74, 6) is 1.57. The molecule has 1 amide bonds. The SMILES string of the molecule is CC(=O)c1cc(CCC(=O)N2CCCC[C@H]2C)oc1C. The van der Waals surface area contributed by atoms with E-state index in [1.165, 1.54) is 13.3 Å². The van der Waals surface area contributed by atoms with E-state index in [1.807, 2.05) is 4.90 Å². The second-order valence-electron chi connectivity index (χ2n) is 5.67. The van der Waals surface area contributed by atoms with Crippen LogP contribution in [-0.4, -0.2) is 29.2 Å². The van der Waals surface area contributed by atoms with Gasteiger partial charge in [-0.25, -0.2) is 0 Å². The van der Waals surface area contributed by atoms with E-state index in [0.29, 0.717) is 30.2 Å². The van der Waals surface area contributed by atoms with Gasteiger partial charge in [0.2, 0.25) is 5.91 Å². The molecular weight excluding hydrogens is 254 g/mol. The van der Waals surface area contributed by atoms with E-state index in [2.05, 4.69) is 6.92 Å². The second kappa shape index (κ2) is 6.25. The summed E-state index contributed by atoms with van der Waals surface area (Å²) in [6.45, 7) is 6.30. The highest BCUT2D eigenvalue weighted by Gasteiger charge is 2.23. The molecule has 0 saturated carbocycles. The number of carbonyl (C=O) groups excluding carboxylic acids is 2. The molecule has 0 radical (unpaired) electrons. The molecule has 2 rings (SSSR count). The standard InChI is InChI=1S/C16H23NO3/c1-11-6-4-5-9-17(11)16(19)8-7-14-10-15(12(2)18)13(3)20-14/h10-11H,4-9H2,1-3H3/t11-/m1/s1. The molecule has 0 aromatic carbocycles. The number of nitrogens with zero attached hydrogens (tertiary/aromatic N) is 1. The van der Waals surface area contributed by atoms with Crippen molar-refractivity contribution in [3.05, 3.63) is 23.2 Å². The van der Waals surface area contributed by atoms with Gasteiger partial charge in [0.1, 0.15) is 11.5 Å². The molecule has 0 spiro atoms. The quantitative estimate of drug-likeness (QED) is 0.794. The van der Waals surface area contributed by atoms with Crippen molar-refractivity contribution in [2.75, 3.05) is 6.54 Å². The Hall–Kier alpha value is -1.58. The van der Waals surface area contributed by atoms with E-state index in [4.69, 9.17) is 4.42 Å². The Morgan fingerprint density at radius 1 is 1.40 bits per heavy atom. The predicted molar refractivity (Wildman–Crippen MR) is 76.8 cm³/mol. The third-order valence-electron chi connectivity index (χ3n) is 4.06. The molecule has 1 atom stereocenters. The maximum atomic E-state index is 12.2. The number of hydrogen-bond acceptors (Lipinski definition) is 3. The summed E-state index contributed by atoms with van der Waals surface area (Å²) >= 11 is 0. The van der Waals surface area contributed by atoms with E-state index in [0.717, 1.165) is 25.1 Å². The Morgan fingerprint density at radius 3 is 2.75 bits per heavy atom. The number of aryl methyl sites for hydroxylation is 2. The Labute approximate surface area is 120 Å². The van der Waals surface area contributed by atoms with E-state index in [9.17, 15) is 9.59 Å². The molecule has 2 heterocycles. The van der Waals surface area contributed by atoms with E-state index in [1.54, 1.807) is 13.0 Å². The number of hydrogen-bond donors (Lipinski definition) is 0. The van der Waals surface area contributed by atoms with E-state index >= 15 is 0 Å². The van der Waals surface area contributed by atoms with E-state index < -0.39 is 0 Å². The molecule has 4 heteroatoms. The van der Waals surface area contributed by atoms with Gasteiger partial charge in [-0.1, -0.05) is 0 Å². The van der Waals surface area contributed by atoms with Crippen molar-refractivity contribution >= 4 is 11.7 Å². The summed E-state index contributed by atoms with van der Waals surface area (Å²) in [6, 6.07) is 2.12. The minimum Gasteiger partial charge on any atom is -0.466 e. The van der Waals surface area contributed by atoms with Crippen molar-refractivity contribution in [3.63, 3.8) is 0 Å². The molecule has 4 nitrogen and oxygen atoms in total. The van der Waals surface area contributed by atoms with Crippen LogP contribution in [0.1, 0.15) is 61.4 Å². The monoisotopic (exact) mass is 277 g/mol. The Kier molecular flexibility index (Phi) is 4.63. The number of ketones is 1. The summed E-state index contributed by atoms with van der Waals surface area (Å²) in [7, 11) is 0. The molecule has 1 aromatic rings. The fraction of sp³-hybridized carbons (Fsp3) is 0.625. The van der Waals surface area contributed by atoms with Crippen molar-refractivity contribution in [1.82, 2.24) is 4.90 Å². The number of likely N-dealkylation sites (tertiary alicyclic amines) is 1. The highest BCUT2D eigenvalue weighted by molar-refractivity contribution is 5.95. The van der Waals surface area contributed by atoms with Gasteiger partial charge >= 0.3 is 0 Å². The van der Waals surface area contributed by atoms with Crippen molar-refractivity contribution < 1.29 is 14.0 Å². The highest BCUT2D eigenvalue weighted by atomic mass is 16.3. The number of furan rings is 1. The number of amides is 1. The molecular formula is C16H23NO3. The van der Waals surface area contributed by atoms with Gasteiger partial charge in [-0.3, -0.25) is 9.59 Å². The molecule has 1 aliphatic rings. The molecule has 0 unspecified atom stereocenters. The van der Waals surface area contributed by atoms with Crippen LogP contribution in [0.2, 0.25) is 0 Å². The summed E-state index contributed by atoms with van der Waals surface area (Å²) < 4.78 is 5.55. The molecule has 1 aliphatic heterocycles. The molecule has 20 heavy (non-hydrogen) atoms.